The largest absolute Gasteiger partial charge is 0.495 e. The van der Waals surface area contributed by atoms with Crippen LogP contribution in [-0.2, 0) is 6.54 Å². The number of methoxy groups -OCH3 is 1. The quantitative estimate of drug-likeness (QED) is 0.514. The van der Waals surface area contributed by atoms with Gasteiger partial charge in [0.1, 0.15) is 11.5 Å². The highest BCUT2D eigenvalue weighted by atomic mass is 16.5. The van der Waals surface area contributed by atoms with Gasteiger partial charge in [-0.25, -0.2) is 0 Å². The normalized spacial score (nSPS) is 16.3. The standard InChI is InChI=1S/C28H34N4O3/c1-20(2)35-24-10-7-22(8-11-24)26-19-32(15-14-31(26)3)28(33)23-9-12-27(34-4)25(16-23)30-18-21-6-5-13-29-17-21/h5-13,16-17,20,26,30H,14-15,18-19H2,1-4H3/t26-/m1/s1. The molecule has 1 aromatic heterocycles. The van der Waals surface area contributed by atoms with Gasteiger partial charge in [0.15, 0.2) is 0 Å². The van der Waals surface area contributed by atoms with E-state index < -0.39 is 0 Å². The SMILES string of the molecule is COc1ccc(C(=O)N2CCN(C)[C@@H](c3ccc(OC(C)C)cc3)C2)cc1NCc1cccnc1. The Morgan fingerprint density at radius 1 is 1.14 bits per heavy atom. The van der Waals surface area contributed by atoms with Crippen molar-refractivity contribution in [2.45, 2.75) is 32.5 Å². The van der Waals surface area contributed by atoms with E-state index >= 15 is 0 Å². The molecule has 3 aromatic rings. The summed E-state index contributed by atoms with van der Waals surface area (Å²) in [5.41, 5.74) is 3.66. The Hall–Kier alpha value is -3.58. The molecule has 0 aliphatic carbocycles. The molecule has 184 valence electrons. The first-order valence-corrected chi connectivity index (χ1v) is 12.0. The molecule has 7 heteroatoms. The monoisotopic (exact) mass is 474 g/mol. The minimum absolute atomic E-state index is 0.0231. The number of amides is 1. The molecule has 0 unspecified atom stereocenters. The highest BCUT2D eigenvalue weighted by molar-refractivity contribution is 5.95. The molecular formula is C28H34N4O3. The Morgan fingerprint density at radius 2 is 1.94 bits per heavy atom. The molecule has 0 radical (unpaired) electrons. The Labute approximate surface area is 207 Å². The van der Waals surface area contributed by atoms with Crippen LogP contribution < -0.4 is 14.8 Å². The first-order valence-electron chi connectivity index (χ1n) is 12.0. The highest BCUT2D eigenvalue weighted by Crippen LogP contribution is 2.29. The molecule has 0 bridgehead atoms. The predicted molar refractivity (Wildman–Crippen MR) is 138 cm³/mol. The van der Waals surface area contributed by atoms with Gasteiger partial charge in [-0.3, -0.25) is 14.7 Å². The van der Waals surface area contributed by atoms with Crippen molar-refractivity contribution in [1.82, 2.24) is 14.8 Å². The highest BCUT2D eigenvalue weighted by Gasteiger charge is 2.29. The summed E-state index contributed by atoms with van der Waals surface area (Å²) in [7, 11) is 3.74. The lowest BCUT2D eigenvalue weighted by Gasteiger charge is -2.40. The first-order chi connectivity index (χ1) is 16.9. The van der Waals surface area contributed by atoms with Gasteiger partial charge in [-0.05, 0) is 68.4 Å². The third-order valence-electron chi connectivity index (χ3n) is 6.22. The number of anilines is 1. The zero-order chi connectivity index (χ0) is 24.8. The second kappa shape index (κ2) is 11.2. The van der Waals surface area contributed by atoms with Crippen molar-refractivity contribution in [2.24, 2.45) is 0 Å². The van der Waals surface area contributed by atoms with Gasteiger partial charge in [0, 0.05) is 44.1 Å². The molecule has 2 aromatic carbocycles. The lowest BCUT2D eigenvalue weighted by Crippen LogP contribution is -2.49. The summed E-state index contributed by atoms with van der Waals surface area (Å²) in [6, 6.07) is 17.8. The van der Waals surface area contributed by atoms with Crippen molar-refractivity contribution in [2.75, 3.05) is 39.1 Å². The van der Waals surface area contributed by atoms with Crippen molar-refractivity contribution in [3.05, 3.63) is 83.7 Å². The number of carbonyl (C=O) groups excluding carboxylic acids is 1. The maximum absolute atomic E-state index is 13.5. The summed E-state index contributed by atoms with van der Waals surface area (Å²) >= 11 is 0. The predicted octanol–water partition coefficient (Wildman–Crippen LogP) is 4.62. The second-order valence-corrected chi connectivity index (χ2v) is 9.11. The lowest BCUT2D eigenvalue weighted by molar-refractivity contribution is 0.0546. The van der Waals surface area contributed by atoms with E-state index in [2.05, 4.69) is 34.4 Å². The molecule has 1 fully saturated rings. The second-order valence-electron chi connectivity index (χ2n) is 9.11. The molecule has 0 saturated carbocycles. The number of ether oxygens (including phenoxy) is 2. The summed E-state index contributed by atoms with van der Waals surface area (Å²) < 4.78 is 11.3. The number of nitrogens with zero attached hydrogens (tertiary/aromatic N) is 3. The van der Waals surface area contributed by atoms with Crippen LogP contribution >= 0.6 is 0 Å². The average molecular weight is 475 g/mol. The number of benzene rings is 2. The Kier molecular flexibility index (Phi) is 7.87. The van der Waals surface area contributed by atoms with Crippen molar-refractivity contribution >= 4 is 11.6 Å². The fourth-order valence-corrected chi connectivity index (χ4v) is 4.32. The number of likely N-dealkylation sites (N-methyl/N-ethyl adjacent to an activating group) is 1. The molecule has 1 saturated heterocycles. The average Bonchev–Trinajstić information content (AvgIpc) is 2.88. The van der Waals surface area contributed by atoms with Crippen LogP contribution in [0.1, 0.15) is 41.4 Å². The Morgan fingerprint density at radius 3 is 2.63 bits per heavy atom. The Balaban J connectivity index is 1.48. The van der Waals surface area contributed by atoms with Crippen LogP contribution in [0.5, 0.6) is 11.5 Å². The zero-order valence-corrected chi connectivity index (χ0v) is 20.9. The van der Waals surface area contributed by atoms with Gasteiger partial charge in [0.2, 0.25) is 0 Å². The molecule has 1 aliphatic rings. The summed E-state index contributed by atoms with van der Waals surface area (Å²) in [4.78, 5) is 21.9. The number of carbonyl (C=O) groups is 1. The van der Waals surface area contributed by atoms with Crippen LogP contribution in [0.2, 0.25) is 0 Å². The van der Waals surface area contributed by atoms with Crippen molar-refractivity contribution in [1.29, 1.82) is 0 Å². The van der Waals surface area contributed by atoms with Crippen LogP contribution in [0.15, 0.2) is 67.0 Å². The molecule has 0 spiro atoms. The van der Waals surface area contributed by atoms with E-state index in [1.54, 1.807) is 13.3 Å². The third-order valence-corrected chi connectivity index (χ3v) is 6.22. The molecule has 1 amide bonds. The van der Waals surface area contributed by atoms with Crippen LogP contribution in [0, 0.1) is 0 Å². The summed E-state index contributed by atoms with van der Waals surface area (Å²) in [6.45, 7) is 6.75. The molecule has 1 N–H and O–H groups in total. The lowest BCUT2D eigenvalue weighted by atomic mass is 10.0. The smallest absolute Gasteiger partial charge is 0.254 e. The van der Waals surface area contributed by atoms with Gasteiger partial charge in [-0.2, -0.15) is 0 Å². The van der Waals surface area contributed by atoms with Gasteiger partial charge >= 0.3 is 0 Å². The van der Waals surface area contributed by atoms with Crippen LogP contribution in [0.25, 0.3) is 0 Å². The van der Waals surface area contributed by atoms with Crippen LogP contribution in [0.3, 0.4) is 0 Å². The van der Waals surface area contributed by atoms with E-state index in [1.165, 1.54) is 5.56 Å². The fraction of sp³-hybridized carbons (Fsp3) is 0.357. The van der Waals surface area contributed by atoms with Crippen molar-refractivity contribution in [3.8, 4) is 11.5 Å². The maximum Gasteiger partial charge on any atom is 0.254 e. The van der Waals surface area contributed by atoms with E-state index in [0.29, 0.717) is 30.9 Å². The van der Waals surface area contributed by atoms with Gasteiger partial charge in [-0.15, -0.1) is 0 Å². The Bertz CT molecular complexity index is 1120. The first kappa shape index (κ1) is 24.5. The number of piperazine rings is 1. The summed E-state index contributed by atoms with van der Waals surface area (Å²) in [6.07, 6.45) is 3.71. The van der Waals surface area contributed by atoms with Crippen molar-refractivity contribution < 1.29 is 14.3 Å². The van der Waals surface area contributed by atoms with Gasteiger partial charge < -0.3 is 19.7 Å². The molecule has 7 nitrogen and oxygen atoms in total. The summed E-state index contributed by atoms with van der Waals surface area (Å²) in [5, 5.41) is 3.38. The zero-order valence-electron chi connectivity index (χ0n) is 20.9. The van der Waals surface area contributed by atoms with Gasteiger partial charge in [0.25, 0.3) is 5.91 Å². The molecule has 4 rings (SSSR count). The van der Waals surface area contributed by atoms with E-state index in [0.717, 1.165) is 23.5 Å². The number of aromatic nitrogens is 1. The van der Waals surface area contributed by atoms with E-state index in [-0.39, 0.29) is 18.1 Å². The minimum atomic E-state index is 0.0231. The fourth-order valence-electron chi connectivity index (χ4n) is 4.32. The van der Waals surface area contributed by atoms with Crippen molar-refractivity contribution in [3.63, 3.8) is 0 Å². The molecule has 35 heavy (non-hydrogen) atoms. The van der Waals surface area contributed by atoms with Gasteiger partial charge in [0.05, 0.1) is 24.9 Å². The van der Waals surface area contributed by atoms with E-state index in [4.69, 9.17) is 9.47 Å². The van der Waals surface area contributed by atoms with E-state index in [1.807, 2.05) is 67.4 Å². The number of pyridine rings is 1. The summed E-state index contributed by atoms with van der Waals surface area (Å²) in [5.74, 6) is 1.58. The van der Waals surface area contributed by atoms with E-state index in [9.17, 15) is 4.79 Å². The number of hydrogen-bond acceptors (Lipinski definition) is 6. The van der Waals surface area contributed by atoms with Crippen LogP contribution in [-0.4, -0.2) is 60.6 Å². The molecular weight excluding hydrogens is 440 g/mol. The number of rotatable bonds is 8. The molecule has 2 heterocycles. The van der Waals surface area contributed by atoms with Crippen LogP contribution in [0.4, 0.5) is 5.69 Å². The minimum Gasteiger partial charge on any atom is -0.495 e. The maximum atomic E-state index is 13.5. The van der Waals surface area contributed by atoms with Gasteiger partial charge in [-0.1, -0.05) is 18.2 Å². The number of hydrogen-bond donors (Lipinski definition) is 1. The molecule has 1 aliphatic heterocycles. The molecule has 1 atom stereocenters. The third kappa shape index (κ3) is 6.11. The topological polar surface area (TPSA) is 66.9 Å². The number of nitrogens with one attached hydrogen (secondary N) is 1.